The van der Waals surface area contributed by atoms with Crippen molar-refractivity contribution in [2.45, 2.75) is 65.3 Å². The van der Waals surface area contributed by atoms with Crippen molar-refractivity contribution < 1.29 is 28.6 Å². The molecule has 2 unspecified atom stereocenters. The molecule has 2 rings (SSSR count). The quantitative estimate of drug-likeness (QED) is 0.536. The smallest absolute Gasteiger partial charge is 0.408 e. The molecular formula is C26H34N2O6. The second-order valence-corrected chi connectivity index (χ2v) is 8.83. The Morgan fingerprint density at radius 1 is 1.00 bits per heavy atom. The second-order valence-electron chi connectivity index (χ2n) is 8.83. The molecule has 0 aliphatic heterocycles. The van der Waals surface area contributed by atoms with E-state index in [9.17, 15) is 14.4 Å². The number of ether oxygens (including phenoxy) is 3. The van der Waals surface area contributed by atoms with Crippen molar-refractivity contribution in [3.8, 4) is 5.75 Å². The Labute approximate surface area is 201 Å². The zero-order valence-corrected chi connectivity index (χ0v) is 20.6. The highest BCUT2D eigenvalue weighted by Gasteiger charge is 2.29. The predicted molar refractivity (Wildman–Crippen MR) is 128 cm³/mol. The number of rotatable bonds is 9. The van der Waals surface area contributed by atoms with E-state index in [0.717, 1.165) is 11.1 Å². The monoisotopic (exact) mass is 470 g/mol. The molecular weight excluding hydrogens is 436 g/mol. The minimum Gasteiger partial charge on any atom is -0.496 e. The van der Waals surface area contributed by atoms with Gasteiger partial charge in [0.25, 0.3) is 0 Å². The van der Waals surface area contributed by atoms with Crippen molar-refractivity contribution in [3.63, 3.8) is 0 Å². The first-order chi connectivity index (χ1) is 16.0. The van der Waals surface area contributed by atoms with E-state index in [1.54, 1.807) is 46.1 Å². The number of alkyl carbamates (subject to hydrolysis) is 1. The lowest BCUT2D eigenvalue weighted by molar-refractivity contribution is -0.148. The summed E-state index contributed by atoms with van der Waals surface area (Å²) in [6.45, 7) is 8.78. The van der Waals surface area contributed by atoms with Gasteiger partial charge in [-0.05, 0) is 62.9 Å². The molecule has 8 heteroatoms. The maximum atomic E-state index is 13.2. The van der Waals surface area contributed by atoms with Crippen LogP contribution in [0.2, 0.25) is 0 Å². The lowest BCUT2D eigenvalue weighted by atomic mass is 10.0. The number of carbonyl (C=O) groups excluding carboxylic acids is 3. The average Bonchev–Trinajstić information content (AvgIpc) is 2.79. The minimum absolute atomic E-state index is 0.0951. The molecule has 0 saturated heterocycles. The molecule has 0 spiro atoms. The van der Waals surface area contributed by atoms with Gasteiger partial charge in [-0.3, -0.25) is 4.79 Å². The van der Waals surface area contributed by atoms with E-state index in [-0.39, 0.29) is 6.61 Å². The number of aryl methyl sites for hydroxylation is 1. The van der Waals surface area contributed by atoms with Crippen LogP contribution in [-0.2, 0) is 32.1 Å². The molecule has 0 bridgehead atoms. The van der Waals surface area contributed by atoms with Crippen molar-refractivity contribution >= 4 is 18.0 Å². The molecule has 34 heavy (non-hydrogen) atoms. The molecule has 0 aliphatic rings. The normalized spacial score (nSPS) is 12.8. The van der Waals surface area contributed by atoms with Gasteiger partial charge in [-0.1, -0.05) is 43.3 Å². The van der Waals surface area contributed by atoms with Gasteiger partial charge in [0.2, 0.25) is 5.91 Å². The van der Waals surface area contributed by atoms with E-state index in [2.05, 4.69) is 10.6 Å². The van der Waals surface area contributed by atoms with Crippen LogP contribution < -0.4 is 15.4 Å². The van der Waals surface area contributed by atoms with Crippen LogP contribution in [0.25, 0.3) is 0 Å². The van der Waals surface area contributed by atoms with E-state index in [1.807, 2.05) is 37.3 Å². The molecule has 2 N–H and O–H groups in total. The molecule has 0 saturated carbocycles. The Balaban J connectivity index is 2.17. The summed E-state index contributed by atoms with van der Waals surface area (Å²) >= 11 is 0. The molecule has 2 aromatic carbocycles. The largest absolute Gasteiger partial charge is 0.496 e. The van der Waals surface area contributed by atoms with Crippen molar-refractivity contribution in [3.05, 3.63) is 65.2 Å². The topological polar surface area (TPSA) is 103 Å². The number of hydrogen-bond donors (Lipinski definition) is 2. The fraction of sp³-hybridized carbons (Fsp3) is 0.423. The lowest BCUT2D eigenvalue weighted by Gasteiger charge is -2.25. The summed E-state index contributed by atoms with van der Waals surface area (Å²) in [4.78, 5) is 38.1. The van der Waals surface area contributed by atoms with Crippen molar-refractivity contribution in [2.24, 2.45) is 0 Å². The van der Waals surface area contributed by atoms with E-state index in [4.69, 9.17) is 14.2 Å². The van der Waals surface area contributed by atoms with Crippen LogP contribution in [0, 0.1) is 0 Å². The summed E-state index contributed by atoms with van der Waals surface area (Å²) in [5.74, 6) is -0.472. The van der Waals surface area contributed by atoms with Crippen LogP contribution in [0.15, 0.2) is 48.5 Å². The number of carbonyl (C=O) groups is 3. The molecule has 184 valence electrons. The Morgan fingerprint density at radius 3 is 2.26 bits per heavy atom. The van der Waals surface area contributed by atoms with E-state index in [1.165, 1.54) is 6.92 Å². The third-order valence-electron chi connectivity index (χ3n) is 4.88. The maximum absolute atomic E-state index is 13.2. The molecule has 0 radical (unpaired) electrons. The van der Waals surface area contributed by atoms with Gasteiger partial charge in [-0.15, -0.1) is 0 Å². The average molecular weight is 471 g/mol. The first-order valence-corrected chi connectivity index (χ1v) is 11.2. The lowest BCUT2D eigenvalue weighted by Crippen LogP contribution is -2.47. The Hall–Kier alpha value is -3.55. The number of benzene rings is 2. The summed E-state index contributed by atoms with van der Waals surface area (Å²) in [5, 5.41) is 5.25. The second kappa shape index (κ2) is 12.1. The minimum atomic E-state index is -1.09. The summed E-state index contributed by atoms with van der Waals surface area (Å²) in [6, 6.07) is 12.5. The van der Waals surface area contributed by atoms with E-state index < -0.39 is 35.7 Å². The van der Waals surface area contributed by atoms with Crippen LogP contribution in [0.4, 0.5) is 4.79 Å². The van der Waals surface area contributed by atoms with Crippen LogP contribution in [-0.4, -0.2) is 36.7 Å². The summed E-state index contributed by atoms with van der Waals surface area (Å²) in [7, 11) is 1.57. The van der Waals surface area contributed by atoms with Gasteiger partial charge in [0.05, 0.1) is 7.11 Å². The Morgan fingerprint density at radius 2 is 1.68 bits per heavy atom. The van der Waals surface area contributed by atoms with Gasteiger partial charge in [-0.2, -0.15) is 0 Å². The molecule has 0 fully saturated rings. The first kappa shape index (κ1) is 26.7. The molecule has 2 amide bonds. The predicted octanol–water partition coefficient (Wildman–Crippen LogP) is 4.07. The van der Waals surface area contributed by atoms with Crippen molar-refractivity contribution in [2.75, 3.05) is 7.11 Å². The number of methoxy groups -OCH3 is 1. The van der Waals surface area contributed by atoms with Gasteiger partial charge in [0, 0.05) is 0 Å². The number of amides is 2. The van der Waals surface area contributed by atoms with Gasteiger partial charge in [-0.25, -0.2) is 9.59 Å². The molecule has 0 aliphatic carbocycles. The highest BCUT2D eigenvalue weighted by Crippen LogP contribution is 2.25. The summed E-state index contributed by atoms with van der Waals surface area (Å²) in [6.07, 6.45) is -0.0826. The van der Waals surface area contributed by atoms with Crippen LogP contribution in [0.3, 0.4) is 0 Å². The standard InChI is InChI=1S/C26H34N2O6/c1-7-19-15-20(13-14-21(19)32-6)22(28-25(31)34-26(3,4)5)23(29)27-17(2)24(30)33-16-18-11-9-8-10-12-18/h8-15,17,22H,7,16H2,1-6H3,(H,27,29)(H,28,31). The molecule has 2 aromatic rings. The van der Waals surface area contributed by atoms with Crippen molar-refractivity contribution in [1.29, 1.82) is 0 Å². The van der Waals surface area contributed by atoms with Crippen LogP contribution in [0.1, 0.15) is 57.4 Å². The van der Waals surface area contributed by atoms with E-state index >= 15 is 0 Å². The maximum Gasteiger partial charge on any atom is 0.408 e. The zero-order chi connectivity index (χ0) is 25.3. The summed E-state index contributed by atoms with van der Waals surface area (Å²) < 4.78 is 16.0. The summed E-state index contributed by atoms with van der Waals surface area (Å²) in [5.41, 5.74) is 1.50. The Bertz CT molecular complexity index is 985. The zero-order valence-electron chi connectivity index (χ0n) is 20.6. The molecule has 8 nitrogen and oxygen atoms in total. The highest BCUT2D eigenvalue weighted by molar-refractivity contribution is 5.90. The van der Waals surface area contributed by atoms with Gasteiger partial charge in [0.15, 0.2) is 0 Å². The fourth-order valence-electron chi connectivity index (χ4n) is 3.19. The molecule has 0 aromatic heterocycles. The fourth-order valence-corrected chi connectivity index (χ4v) is 3.19. The number of esters is 1. The van der Waals surface area contributed by atoms with Crippen LogP contribution >= 0.6 is 0 Å². The molecule has 0 heterocycles. The molecule has 2 atom stereocenters. The van der Waals surface area contributed by atoms with Gasteiger partial charge >= 0.3 is 12.1 Å². The Kier molecular flexibility index (Phi) is 9.47. The third kappa shape index (κ3) is 8.10. The van der Waals surface area contributed by atoms with E-state index in [0.29, 0.717) is 17.7 Å². The number of hydrogen-bond acceptors (Lipinski definition) is 6. The van der Waals surface area contributed by atoms with Crippen LogP contribution in [0.5, 0.6) is 5.75 Å². The SMILES string of the molecule is CCc1cc(C(NC(=O)OC(C)(C)C)C(=O)NC(C)C(=O)OCc2ccccc2)ccc1OC. The highest BCUT2D eigenvalue weighted by atomic mass is 16.6. The van der Waals surface area contributed by atoms with Gasteiger partial charge in [0.1, 0.15) is 30.0 Å². The van der Waals surface area contributed by atoms with Crippen molar-refractivity contribution in [1.82, 2.24) is 10.6 Å². The van der Waals surface area contributed by atoms with Gasteiger partial charge < -0.3 is 24.8 Å². The third-order valence-corrected chi connectivity index (χ3v) is 4.88. The number of nitrogens with one attached hydrogen (secondary N) is 2. The first-order valence-electron chi connectivity index (χ1n) is 11.2.